The lowest BCUT2D eigenvalue weighted by atomic mass is 10.1. The summed E-state index contributed by atoms with van der Waals surface area (Å²) in [5.41, 5.74) is 4.45. The Balaban J connectivity index is 0.00000208. The molecule has 0 radical (unpaired) electrons. The lowest BCUT2D eigenvalue weighted by molar-refractivity contribution is 0.0773. The van der Waals surface area contributed by atoms with Crippen LogP contribution in [0.4, 0.5) is 0 Å². The van der Waals surface area contributed by atoms with Crippen molar-refractivity contribution in [1.29, 1.82) is 0 Å². The highest BCUT2D eigenvalue weighted by Crippen LogP contribution is 2.18. The second kappa shape index (κ2) is 8.18. The first-order valence-corrected chi connectivity index (χ1v) is 7.91. The normalized spacial score (nSPS) is 12.2. The molecular formula is C19H23ClN2O2. The van der Waals surface area contributed by atoms with Gasteiger partial charge in [0.1, 0.15) is 12.4 Å². The van der Waals surface area contributed by atoms with Gasteiger partial charge in [-0.2, -0.15) is 0 Å². The minimum Gasteiger partial charge on any atom is -0.492 e. The predicted octanol–water partition coefficient (Wildman–Crippen LogP) is 3.17. The molecule has 24 heavy (non-hydrogen) atoms. The van der Waals surface area contributed by atoms with Crippen molar-refractivity contribution in [3.63, 3.8) is 0 Å². The summed E-state index contributed by atoms with van der Waals surface area (Å²) in [6.45, 7) is 4.82. The van der Waals surface area contributed by atoms with Gasteiger partial charge in [-0.25, -0.2) is 0 Å². The fourth-order valence-corrected chi connectivity index (χ4v) is 2.68. The van der Waals surface area contributed by atoms with E-state index in [4.69, 9.17) is 4.74 Å². The number of rotatable bonds is 5. The second-order valence-corrected chi connectivity index (χ2v) is 5.98. The monoisotopic (exact) mass is 346 g/mol. The number of aryl methyl sites for hydroxylation is 1. The van der Waals surface area contributed by atoms with E-state index < -0.39 is 0 Å². The minimum atomic E-state index is 0. The van der Waals surface area contributed by atoms with Gasteiger partial charge in [0.25, 0.3) is 5.91 Å². The summed E-state index contributed by atoms with van der Waals surface area (Å²) in [4.78, 5) is 14.2. The summed E-state index contributed by atoms with van der Waals surface area (Å²) >= 11 is 0. The van der Waals surface area contributed by atoms with Crippen LogP contribution in [-0.4, -0.2) is 31.0 Å². The van der Waals surface area contributed by atoms with E-state index in [1.165, 1.54) is 16.7 Å². The molecule has 1 heterocycles. The average molecular weight is 347 g/mol. The van der Waals surface area contributed by atoms with Crippen LogP contribution in [0.2, 0.25) is 0 Å². The van der Waals surface area contributed by atoms with E-state index in [0.29, 0.717) is 13.2 Å². The molecule has 0 spiro atoms. The van der Waals surface area contributed by atoms with Gasteiger partial charge in [0, 0.05) is 25.7 Å². The van der Waals surface area contributed by atoms with Gasteiger partial charge in [0.2, 0.25) is 0 Å². The average Bonchev–Trinajstić information content (AvgIpc) is 3.03. The Labute approximate surface area is 149 Å². The van der Waals surface area contributed by atoms with Crippen LogP contribution in [0, 0.1) is 6.92 Å². The van der Waals surface area contributed by atoms with Crippen molar-refractivity contribution in [1.82, 2.24) is 10.2 Å². The maximum absolute atomic E-state index is 12.5. The molecule has 128 valence electrons. The predicted molar refractivity (Wildman–Crippen MR) is 97.9 cm³/mol. The molecule has 1 aliphatic heterocycles. The number of hydrogen-bond donors (Lipinski definition) is 1. The quantitative estimate of drug-likeness (QED) is 0.904. The molecule has 3 rings (SSSR count). The molecule has 0 bridgehead atoms. The van der Waals surface area contributed by atoms with E-state index >= 15 is 0 Å². The standard InChI is InChI=1S/C19H22N2O2.ClH/c1-14-3-7-18(8-4-14)23-10-9-21(2)19(22)15-5-6-16-12-20-13-17(16)11-15;/h3-8,11,20H,9-10,12-13H2,1-2H3;1H. The zero-order valence-electron chi connectivity index (χ0n) is 14.0. The summed E-state index contributed by atoms with van der Waals surface area (Å²) in [5, 5.41) is 3.29. The third kappa shape index (κ3) is 4.28. The Bertz CT molecular complexity index is 701. The molecule has 0 aromatic heterocycles. The summed E-state index contributed by atoms with van der Waals surface area (Å²) in [7, 11) is 1.81. The molecule has 2 aromatic rings. The highest BCUT2D eigenvalue weighted by atomic mass is 35.5. The van der Waals surface area contributed by atoms with E-state index in [0.717, 1.165) is 24.4 Å². The van der Waals surface area contributed by atoms with Crippen LogP contribution in [0.15, 0.2) is 42.5 Å². The lowest BCUT2D eigenvalue weighted by Crippen LogP contribution is -2.31. The minimum absolute atomic E-state index is 0. The number of halogens is 1. The summed E-state index contributed by atoms with van der Waals surface area (Å²) in [6.07, 6.45) is 0. The number of carbonyl (C=O) groups is 1. The van der Waals surface area contributed by atoms with E-state index in [1.807, 2.05) is 56.4 Å². The van der Waals surface area contributed by atoms with Gasteiger partial charge in [-0.1, -0.05) is 23.8 Å². The Morgan fingerprint density at radius 1 is 1.12 bits per heavy atom. The first-order chi connectivity index (χ1) is 11.1. The Morgan fingerprint density at radius 2 is 1.83 bits per heavy atom. The largest absolute Gasteiger partial charge is 0.492 e. The summed E-state index contributed by atoms with van der Waals surface area (Å²) < 4.78 is 5.69. The third-order valence-corrected chi connectivity index (χ3v) is 4.15. The van der Waals surface area contributed by atoms with Crippen molar-refractivity contribution in [2.75, 3.05) is 20.2 Å². The molecule has 0 saturated heterocycles. The van der Waals surface area contributed by atoms with Crippen molar-refractivity contribution in [2.45, 2.75) is 20.0 Å². The van der Waals surface area contributed by atoms with Crippen LogP contribution in [0.25, 0.3) is 0 Å². The number of ether oxygens (including phenoxy) is 1. The van der Waals surface area contributed by atoms with Gasteiger partial charge in [0.15, 0.2) is 0 Å². The molecule has 5 heteroatoms. The molecule has 0 fully saturated rings. The van der Waals surface area contributed by atoms with Gasteiger partial charge in [0.05, 0.1) is 6.54 Å². The fraction of sp³-hybridized carbons (Fsp3) is 0.316. The molecule has 0 saturated carbocycles. The van der Waals surface area contributed by atoms with Crippen molar-refractivity contribution >= 4 is 18.3 Å². The molecule has 1 N–H and O–H groups in total. The molecule has 0 unspecified atom stereocenters. The van der Waals surface area contributed by atoms with Crippen molar-refractivity contribution in [3.05, 3.63) is 64.7 Å². The van der Waals surface area contributed by atoms with Crippen LogP contribution in [0.5, 0.6) is 5.75 Å². The number of hydrogen-bond acceptors (Lipinski definition) is 3. The number of fused-ring (bicyclic) bond motifs is 1. The SMILES string of the molecule is Cc1ccc(OCCN(C)C(=O)c2ccc3c(c2)CNC3)cc1.Cl. The molecule has 0 aliphatic carbocycles. The van der Waals surface area contributed by atoms with Crippen LogP contribution in [-0.2, 0) is 13.1 Å². The molecule has 1 aliphatic rings. The highest BCUT2D eigenvalue weighted by molar-refractivity contribution is 5.94. The van der Waals surface area contributed by atoms with Gasteiger partial charge >= 0.3 is 0 Å². The lowest BCUT2D eigenvalue weighted by Gasteiger charge is -2.18. The van der Waals surface area contributed by atoms with Crippen molar-refractivity contribution < 1.29 is 9.53 Å². The topological polar surface area (TPSA) is 41.6 Å². The number of nitrogens with one attached hydrogen (secondary N) is 1. The zero-order valence-corrected chi connectivity index (χ0v) is 14.9. The molecule has 2 aromatic carbocycles. The number of benzene rings is 2. The van der Waals surface area contributed by atoms with E-state index in [-0.39, 0.29) is 18.3 Å². The van der Waals surface area contributed by atoms with Crippen molar-refractivity contribution in [2.24, 2.45) is 0 Å². The maximum Gasteiger partial charge on any atom is 0.253 e. The van der Waals surface area contributed by atoms with Gasteiger partial charge in [-0.15, -0.1) is 12.4 Å². The molecule has 1 amide bonds. The highest BCUT2D eigenvalue weighted by Gasteiger charge is 2.16. The molecule has 0 atom stereocenters. The zero-order chi connectivity index (χ0) is 16.2. The van der Waals surface area contributed by atoms with Crippen LogP contribution in [0.1, 0.15) is 27.0 Å². The second-order valence-electron chi connectivity index (χ2n) is 5.98. The van der Waals surface area contributed by atoms with Crippen LogP contribution < -0.4 is 10.1 Å². The molecular weight excluding hydrogens is 324 g/mol. The number of amides is 1. The van der Waals surface area contributed by atoms with E-state index in [1.54, 1.807) is 4.90 Å². The van der Waals surface area contributed by atoms with Crippen LogP contribution >= 0.6 is 12.4 Å². The third-order valence-electron chi connectivity index (χ3n) is 4.15. The summed E-state index contributed by atoms with van der Waals surface area (Å²) in [5.74, 6) is 0.868. The first-order valence-electron chi connectivity index (χ1n) is 7.91. The van der Waals surface area contributed by atoms with E-state index in [9.17, 15) is 4.79 Å². The van der Waals surface area contributed by atoms with Crippen molar-refractivity contribution in [3.8, 4) is 5.75 Å². The number of carbonyl (C=O) groups excluding carboxylic acids is 1. The van der Waals surface area contributed by atoms with Gasteiger partial charge < -0.3 is 15.0 Å². The Morgan fingerprint density at radius 3 is 2.58 bits per heavy atom. The fourth-order valence-electron chi connectivity index (χ4n) is 2.68. The smallest absolute Gasteiger partial charge is 0.253 e. The van der Waals surface area contributed by atoms with Crippen LogP contribution in [0.3, 0.4) is 0 Å². The number of likely N-dealkylation sites (N-methyl/N-ethyl adjacent to an activating group) is 1. The Hall–Kier alpha value is -2.04. The first kappa shape index (κ1) is 18.3. The number of nitrogens with zero attached hydrogens (tertiary/aromatic N) is 1. The van der Waals surface area contributed by atoms with E-state index in [2.05, 4.69) is 5.32 Å². The van der Waals surface area contributed by atoms with Gasteiger partial charge in [-0.3, -0.25) is 4.79 Å². The maximum atomic E-state index is 12.5. The molecule has 4 nitrogen and oxygen atoms in total. The van der Waals surface area contributed by atoms with Gasteiger partial charge in [-0.05, 0) is 42.3 Å². The summed E-state index contributed by atoms with van der Waals surface area (Å²) in [6, 6.07) is 13.9. The Kier molecular flexibility index (Phi) is 6.23.